The first-order valence-electron chi connectivity index (χ1n) is 8.18. The predicted molar refractivity (Wildman–Crippen MR) is 79.1 cm³/mol. The molecule has 0 aromatic carbocycles. The summed E-state index contributed by atoms with van der Waals surface area (Å²) >= 11 is 0. The Kier molecular flexibility index (Phi) is 5.68. The van der Waals surface area contributed by atoms with Gasteiger partial charge in [0.05, 0.1) is 0 Å². The SMILES string of the molecule is CC(C)CCN1CCN(C(=O)C2CCCCC2)CC1. The molecule has 3 nitrogen and oxygen atoms in total. The molecule has 1 aliphatic heterocycles. The first-order chi connectivity index (χ1) is 9.16. The van der Waals surface area contributed by atoms with Gasteiger partial charge < -0.3 is 4.90 Å². The van der Waals surface area contributed by atoms with Gasteiger partial charge in [0.1, 0.15) is 0 Å². The topological polar surface area (TPSA) is 23.6 Å². The number of hydrogen-bond donors (Lipinski definition) is 0. The van der Waals surface area contributed by atoms with E-state index in [0.29, 0.717) is 11.8 Å². The van der Waals surface area contributed by atoms with Crippen molar-refractivity contribution in [1.82, 2.24) is 9.80 Å². The molecule has 0 unspecified atom stereocenters. The van der Waals surface area contributed by atoms with Crippen molar-refractivity contribution < 1.29 is 4.79 Å². The fourth-order valence-electron chi connectivity index (χ4n) is 3.24. The molecule has 110 valence electrons. The third kappa shape index (κ3) is 4.48. The molecule has 0 aromatic rings. The van der Waals surface area contributed by atoms with E-state index in [2.05, 4.69) is 23.6 Å². The molecule has 2 rings (SSSR count). The van der Waals surface area contributed by atoms with Crippen molar-refractivity contribution in [1.29, 1.82) is 0 Å². The first-order valence-corrected chi connectivity index (χ1v) is 8.18. The van der Waals surface area contributed by atoms with Crippen LogP contribution in [0.4, 0.5) is 0 Å². The molecule has 2 aliphatic rings. The number of amides is 1. The van der Waals surface area contributed by atoms with Crippen LogP contribution in [0.15, 0.2) is 0 Å². The predicted octanol–water partition coefficient (Wildman–Crippen LogP) is 2.76. The molecular weight excluding hydrogens is 236 g/mol. The van der Waals surface area contributed by atoms with E-state index in [1.54, 1.807) is 0 Å². The highest BCUT2D eigenvalue weighted by Gasteiger charge is 2.28. The lowest BCUT2D eigenvalue weighted by Gasteiger charge is -2.37. The minimum atomic E-state index is 0.343. The molecule has 0 aromatic heterocycles. The fraction of sp³-hybridized carbons (Fsp3) is 0.938. The molecule has 0 spiro atoms. The van der Waals surface area contributed by atoms with E-state index in [0.717, 1.165) is 44.9 Å². The van der Waals surface area contributed by atoms with Gasteiger partial charge in [-0.05, 0) is 31.7 Å². The highest BCUT2D eigenvalue weighted by Crippen LogP contribution is 2.25. The van der Waals surface area contributed by atoms with Gasteiger partial charge in [-0.3, -0.25) is 9.69 Å². The quantitative estimate of drug-likeness (QED) is 0.781. The Hall–Kier alpha value is -0.570. The highest BCUT2D eigenvalue weighted by molar-refractivity contribution is 5.79. The molecule has 19 heavy (non-hydrogen) atoms. The molecule has 0 bridgehead atoms. The number of carbonyl (C=O) groups excluding carboxylic acids is 1. The van der Waals surface area contributed by atoms with E-state index >= 15 is 0 Å². The van der Waals surface area contributed by atoms with E-state index < -0.39 is 0 Å². The maximum atomic E-state index is 12.4. The second-order valence-electron chi connectivity index (χ2n) is 6.68. The van der Waals surface area contributed by atoms with Gasteiger partial charge in [0, 0.05) is 32.1 Å². The summed E-state index contributed by atoms with van der Waals surface area (Å²) in [5, 5.41) is 0. The minimum absolute atomic E-state index is 0.343. The third-order valence-electron chi connectivity index (χ3n) is 4.66. The van der Waals surface area contributed by atoms with Gasteiger partial charge in [0.2, 0.25) is 5.91 Å². The minimum Gasteiger partial charge on any atom is -0.340 e. The number of hydrogen-bond acceptors (Lipinski definition) is 2. The van der Waals surface area contributed by atoms with Crippen molar-refractivity contribution in [2.24, 2.45) is 11.8 Å². The molecule has 1 saturated carbocycles. The van der Waals surface area contributed by atoms with Crippen LogP contribution in [0.2, 0.25) is 0 Å². The van der Waals surface area contributed by atoms with Crippen molar-refractivity contribution in [3.63, 3.8) is 0 Å². The summed E-state index contributed by atoms with van der Waals surface area (Å²) in [6.45, 7) is 9.81. The summed E-state index contributed by atoms with van der Waals surface area (Å²) in [4.78, 5) is 17.1. The number of piperazine rings is 1. The van der Waals surface area contributed by atoms with E-state index in [-0.39, 0.29) is 0 Å². The lowest BCUT2D eigenvalue weighted by atomic mass is 9.88. The molecule has 0 N–H and O–H groups in total. The van der Waals surface area contributed by atoms with Crippen LogP contribution in [0, 0.1) is 11.8 Å². The number of carbonyl (C=O) groups is 1. The standard InChI is InChI=1S/C16H30N2O/c1-14(2)8-9-17-10-12-18(13-11-17)16(19)15-6-4-3-5-7-15/h14-15H,3-13H2,1-2H3. The van der Waals surface area contributed by atoms with Crippen LogP contribution in [0.5, 0.6) is 0 Å². The third-order valence-corrected chi connectivity index (χ3v) is 4.66. The Morgan fingerprint density at radius 1 is 1.05 bits per heavy atom. The fourth-order valence-corrected chi connectivity index (χ4v) is 3.24. The summed E-state index contributed by atoms with van der Waals surface area (Å²) in [6.07, 6.45) is 7.37. The molecule has 1 aliphatic carbocycles. The summed E-state index contributed by atoms with van der Waals surface area (Å²) in [5.41, 5.74) is 0. The highest BCUT2D eigenvalue weighted by atomic mass is 16.2. The summed E-state index contributed by atoms with van der Waals surface area (Å²) < 4.78 is 0. The van der Waals surface area contributed by atoms with Crippen molar-refractivity contribution in [3.05, 3.63) is 0 Å². The van der Waals surface area contributed by atoms with Gasteiger partial charge in [-0.2, -0.15) is 0 Å². The number of rotatable bonds is 4. The van der Waals surface area contributed by atoms with Crippen LogP contribution < -0.4 is 0 Å². The van der Waals surface area contributed by atoms with Crippen LogP contribution in [-0.2, 0) is 4.79 Å². The average molecular weight is 266 g/mol. The van der Waals surface area contributed by atoms with Crippen LogP contribution in [-0.4, -0.2) is 48.4 Å². The van der Waals surface area contributed by atoms with Crippen LogP contribution in [0.25, 0.3) is 0 Å². The zero-order chi connectivity index (χ0) is 13.7. The molecule has 1 amide bonds. The maximum absolute atomic E-state index is 12.4. The molecule has 0 radical (unpaired) electrons. The van der Waals surface area contributed by atoms with E-state index in [1.165, 1.54) is 32.2 Å². The molecule has 1 heterocycles. The Bertz CT molecular complexity index is 276. The van der Waals surface area contributed by atoms with Crippen molar-refractivity contribution in [2.75, 3.05) is 32.7 Å². The van der Waals surface area contributed by atoms with Crippen molar-refractivity contribution in [2.45, 2.75) is 52.4 Å². The van der Waals surface area contributed by atoms with Gasteiger partial charge in [-0.15, -0.1) is 0 Å². The second-order valence-corrected chi connectivity index (χ2v) is 6.68. The monoisotopic (exact) mass is 266 g/mol. The Labute approximate surface area is 118 Å². The Balaban J connectivity index is 1.71. The van der Waals surface area contributed by atoms with Crippen molar-refractivity contribution in [3.8, 4) is 0 Å². The van der Waals surface area contributed by atoms with Crippen LogP contribution >= 0.6 is 0 Å². The molecule has 0 atom stereocenters. The van der Waals surface area contributed by atoms with E-state index in [4.69, 9.17) is 0 Å². The summed E-state index contributed by atoms with van der Waals surface area (Å²) in [6, 6.07) is 0. The maximum Gasteiger partial charge on any atom is 0.225 e. The van der Waals surface area contributed by atoms with Gasteiger partial charge in [0.25, 0.3) is 0 Å². The lowest BCUT2D eigenvalue weighted by Crippen LogP contribution is -2.50. The normalized spacial score (nSPS) is 23.0. The Morgan fingerprint density at radius 2 is 1.68 bits per heavy atom. The van der Waals surface area contributed by atoms with Gasteiger partial charge in [0.15, 0.2) is 0 Å². The summed E-state index contributed by atoms with van der Waals surface area (Å²) in [7, 11) is 0. The summed E-state index contributed by atoms with van der Waals surface area (Å²) in [5.74, 6) is 1.57. The lowest BCUT2D eigenvalue weighted by molar-refractivity contribution is -0.138. The molecule has 1 saturated heterocycles. The van der Waals surface area contributed by atoms with E-state index in [1.807, 2.05) is 0 Å². The van der Waals surface area contributed by atoms with Gasteiger partial charge in [-0.1, -0.05) is 33.1 Å². The average Bonchev–Trinajstić information content (AvgIpc) is 2.46. The van der Waals surface area contributed by atoms with Crippen molar-refractivity contribution >= 4 is 5.91 Å². The zero-order valence-corrected chi connectivity index (χ0v) is 12.7. The number of nitrogens with zero attached hydrogens (tertiary/aromatic N) is 2. The van der Waals surface area contributed by atoms with E-state index in [9.17, 15) is 4.79 Å². The molecule has 2 fully saturated rings. The molecular formula is C16H30N2O. The van der Waals surface area contributed by atoms with Crippen LogP contribution in [0.1, 0.15) is 52.4 Å². The smallest absolute Gasteiger partial charge is 0.225 e. The molecule has 3 heteroatoms. The largest absolute Gasteiger partial charge is 0.340 e. The second kappa shape index (κ2) is 7.28. The zero-order valence-electron chi connectivity index (χ0n) is 12.7. The first kappa shape index (κ1) is 14.8. The Morgan fingerprint density at radius 3 is 2.26 bits per heavy atom. The van der Waals surface area contributed by atoms with Gasteiger partial charge in [-0.25, -0.2) is 0 Å². The van der Waals surface area contributed by atoms with Gasteiger partial charge >= 0.3 is 0 Å². The van der Waals surface area contributed by atoms with Crippen LogP contribution in [0.3, 0.4) is 0 Å².